The molecule has 3 N–H and O–H groups in total. The molecule has 0 aromatic carbocycles. The van der Waals surface area contributed by atoms with E-state index < -0.39 is 0 Å². The summed E-state index contributed by atoms with van der Waals surface area (Å²) in [6, 6.07) is 0.292. The van der Waals surface area contributed by atoms with Gasteiger partial charge in [0.25, 0.3) is 0 Å². The lowest BCUT2D eigenvalue weighted by Crippen LogP contribution is -2.56. The summed E-state index contributed by atoms with van der Waals surface area (Å²) >= 11 is 0. The molecule has 1 aliphatic carbocycles. The van der Waals surface area contributed by atoms with Crippen LogP contribution >= 0.6 is 0 Å². The van der Waals surface area contributed by atoms with Crippen LogP contribution in [0.3, 0.4) is 0 Å². The van der Waals surface area contributed by atoms with Gasteiger partial charge in [-0.25, -0.2) is 0 Å². The van der Waals surface area contributed by atoms with E-state index in [4.69, 9.17) is 10.6 Å². The Morgan fingerprint density at radius 2 is 2.27 bits per heavy atom. The molecule has 3 unspecified atom stereocenters. The summed E-state index contributed by atoms with van der Waals surface area (Å²) in [5.74, 6) is 6.40. The first kappa shape index (κ1) is 12.9. The fourth-order valence-electron chi connectivity index (χ4n) is 3.02. The van der Waals surface area contributed by atoms with Crippen LogP contribution < -0.4 is 11.3 Å². The van der Waals surface area contributed by atoms with Crippen molar-refractivity contribution >= 4 is 0 Å². The number of ether oxygens (including phenoxy) is 1. The van der Waals surface area contributed by atoms with Crippen LogP contribution in [0.25, 0.3) is 0 Å². The minimum atomic E-state index is -0.0179. The molecule has 1 fully saturated rings. The van der Waals surface area contributed by atoms with Crippen LogP contribution in [0.15, 0.2) is 0 Å². The first-order chi connectivity index (χ1) is 7.18. The van der Waals surface area contributed by atoms with Crippen molar-refractivity contribution in [1.82, 2.24) is 5.43 Å². The van der Waals surface area contributed by atoms with Crippen molar-refractivity contribution in [1.29, 1.82) is 0 Å². The zero-order valence-corrected chi connectivity index (χ0v) is 10.4. The summed E-state index contributed by atoms with van der Waals surface area (Å²) < 4.78 is 6.04. The molecule has 3 nitrogen and oxygen atoms in total. The third kappa shape index (κ3) is 2.92. The fraction of sp³-hybridized carbons (Fsp3) is 1.00. The predicted molar refractivity (Wildman–Crippen MR) is 63.4 cm³/mol. The zero-order chi connectivity index (χ0) is 11.3. The Bertz CT molecular complexity index is 178. The van der Waals surface area contributed by atoms with Crippen LogP contribution in [0.5, 0.6) is 0 Å². The molecular formula is C12H26N2O. The van der Waals surface area contributed by atoms with E-state index in [2.05, 4.69) is 26.2 Å². The maximum atomic E-state index is 6.04. The highest BCUT2D eigenvalue weighted by molar-refractivity contribution is 4.95. The van der Waals surface area contributed by atoms with E-state index in [1.165, 1.54) is 12.8 Å². The lowest BCUT2D eigenvalue weighted by molar-refractivity contribution is -0.101. The number of nitrogens with two attached hydrogens (primary N) is 1. The Morgan fingerprint density at radius 3 is 2.73 bits per heavy atom. The molecule has 90 valence electrons. The van der Waals surface area contributed by atoms with E-state index in [1.807, 2.05) is 0 Å². The van der Waals surface area contributed by atoms with E-state index in [1.54, 1.807) is 0 Å². The molecule has 0 amide bonds. The molecule has 3 atom stereocenters. The Labute approximate surface area is 93.7 Å². The second-order valence-corrected chi connectivity index (χ2v) is 4.83. The molecule has 1 aliphatic rings. The van der Waals surface area contributed by atoms with E-state index >= 15 is 0 Å². The summed E-state index contributed by atoms with van der Waals surface area (Å²) in [6.07, 6.45) is 5.91. The van der Waals surface area contributed by atoms with Crippen molar-refractivity contribution in [2.75, 3.05) is 6.61 Å². The largest absolute Gasteiger partial charge is 0.374 e. The highest BCUT2D eigenvalue weighted by Gasteiger charge is 2.41. The lowest BCUT2D eigenvalue weighted by atomic mass is 9.74. The second-order valence-electron chi connectivity index (χ2n) is 4.83. The standard InChI is InChI=1S/C12H26N2O/c1-4-11(14-13)12(15-5-2)8-6-7-10(3)9-12/h10-11,14H,4-9,13H2,1-3H3. The van der Waals surface area contributed by atoms with Crippen molar-refractivity contribution in [2.45, 2.75) is 64.5 Å². The minimum Gasteiger partial charge on any atom is -0.374 e. The van der Waals surface area contributed by atoms with Gasteiger partial charge in [-0.3, -0.25) is 11.3 Å². The van der Waals surface area contributed by atoms with Gasteiger partial charge in [-0.1, -0.05) is 26.7 Å². The average Bonchev–Trinajstić information content (AvgIpc) is 2.19. The van der Waals surface area contributed by atoms with Crippen LogP contribution in [-0.4, -0.2) is 18.2 Å². The summed E-state index contributed by atoms with van der Waals surface area (Å²) in [7, 11) is 0. The van der Waals surface area contributed by atoms with Crippen LogP contribution in [-0.2, 0) is 4.74 Å². The van der Waals surface area contributed by atoms with E-state index in [-0.39, 0.29) is 5.60 Å². The molecule has 0 radical (unpaired) electrons. The molecule has 3 heteroatoms. The molecule has 0 aromatic rings. The molecule has 0 spiro atoms. The third-order valence-corrected chi connectivity index (χ3v) is 3.67. The normalized spacial score (nSPS) is 34.0. The van der Waals surface area contributed by atoms with Gasteiger partial charge in [0.1, 0.15) is 0 Å². The zero-order valence-electron chi connectivity index (χ0n) is 10.4. The maximum Gasteiger partial charge on any atom is 0.0850 e. The smallest absolute Gasteiger partial charge is 0.0850 e. The molecule has 1 saturated carbocycles. The molecule has 0 saturated heterocycles. The molecule has 15 heavy (non-hydrogen) atoms. The quantitative estimate of drug-likeness (QED) is 0.545. The van der Waals surface area contributed by atoms with Gasteiger partial charge in [-0.15, -0.1) is 0 Å². The van der Waals surface area contributed by atoms with Gasteiger partial charge in [-0.2, -0.15) is 0 Å². The highest BCUT2D eigenvalue weighted by atomic mass is 16.5. The van der Waals surface area contributed by atoms with Crippen molar-refractivity contribution < 1.29 is 4.74 Å². The van der Waals surface area contributed by atoms with Crippen LogP contribution in [0.1, 0.15) is 52.9 Å². The monoisotopic (exact) mass is 214 g/mol. The topological polar surface area (TPSA) is 47.3 Å². The van der Waals surface area contributed by atoms with Gasteiger partial charge in [0, 0.05) is 12.6 Å². The van der Waals surface area contributed by atoms with E-state index in [0.29, 0.717) is 6.04 Å². The minimum absolute atomic E-state index is 0.0179. The highest BCUT2D eigenvalue weighted by Crippen LogP contribution is 2.38. The van der Waals surface area contributed by atoms with Crippen molar-refractivity contribution in [3.05, 3.63) is 0 Å². The molecule has 1 rings (SSSR count). The Kier molecular flexibility index (Phi) is 5.03. The third-order valence-electron chi connectivity index (χ3n) is 3.67. The number of hydrogen-bond donors (Lipinski definition) is 2. The number of hydrogen-bond acceptors (Lipinski definition) is 3. The van der Waals surface area contributed by atoms with Gasteiger partial charge in [0.05, 0.1) is 5.60 Å². The van der Waals surface area contributed by atoms with Crippen molar-refractivity contribution in [3.63, 3.8) is 0 Å². The first-order valence-electron chi connectivity index (χ1n) is 6.28. The summed E-state index contributed by atoms with van der Waals surface area (Å²) in [5, 5.41) is 0. The van der Waals surface area contributed by atoms with Gasteiger partial charge >= 0.3 is 0 Å². The second kappa shape index (κ2) is 5.83. The van der Waals surface area contributed by atoms with Crippen LogP contribution in [0.2, 0.25) is 0 Å². The van der Waals surface area contributed by atoms with Gasteiger partial charge < -0.3 is 4.74 Å². The molecule has 0 bridgehead atoms. The van der Waals surface area contributed by atoms with E-state index in [0.717, 1.165) is 31.8 Å². The average molecular weight is 214 g/mol. The van der Waals surface area contributed by atoms with Gasteiger partial charge in [0.15, 0.2) is 0 Å². The first-order valence-corrected chi connectivity index (χ1v) is 6.28. The van der Waals surface area contributed by atoms with E-state index in [9.17, 15) is 0 Å². The Hall–Kier alpha value is -0.120. The number of hydrazine groups is 1. The summed E-state index contributed by atoms with van der Waals surface area (Å²) in [5.41, 5.74) is 2.92. The molecule has 0 aliphatic heterocycles. The maximum absolute atomic E-state index is 6.04. The predicted octanol–water partition coefficient (Wildman–Crippen LogP) is 2.21. The van der Waals surface area contributed by atoms with Crippen LogP contribution in [0, 0.1) is 5.92 Å². The van der Waals surface area contributed by atoms with Crippen molar-refractivity contribution in [2.24, 2.45) is 11.8 Å². The lowest BCUT2D eigenvalue weighted by Gasteiger charge is -2.44. The molecule has 0 heterocycles. The summed E-state index contributed by atoms with van der Waals surface area (Å²) in [4.78, 5) is 0. The number of nitrogens with one attached hydrogen (secondary N) is 1. The molecular weight excluding hydrogens is 188 g/mol. The molecule has 0 aromatic heterocycles. The fourth-order valence-corrected chi connectivity index (χ4v) is 3.02. The Balaban J connectivity index is 2.75. The summed E-state index contributed by atoms with van der Waals surface area (Å²) in [6.45, 7) is 7.34. The number of rotatable bonds is 5. The SMILES string of the molecule is CCOC1(C(CC)NN)CCCC(C)C1. The van der Waals surface area contributed by atoms with Gasteiger partial charge in [0.2, 0.25) is 0 Å². The van der Waals surface area contributed by atoms with Crippen LogP contribution in [0.4, 0.5) is 0 Å². The van der Waals surface area contributed by atoms with Gasteiger partial charge in [-0.05, 0) is 32.1 Å². The van der Waals surface area contributed by atoms with Crippen molar-refractivity contribution in [3.8, 4) is 0 Å². The Morgan fingerprint density at radius 1 is 1.53 bits per heavy atom.